The molecule has 0 aliphatic carbocycles. The summed E-state index contributed by atoms with van der Waals surface area (Å²) >= 11 is 0. The van der Waals surface area contributed by atoms with Gasteiger partial charge in [0.2, 0.25) is 0 Å². The van der Waals surface area contributed by atoms with Crippen LogP contribution in [0.25, 0.3) is 0 Å². The molecule has 1 heterocycles. The van der Waals surface area contributed by atoms with E-state index in [1.807, 2.05) is 6.07 Å². The second kappa shape index (κ2) is 5.08. The fraction of sp³-hybridized carbons (Fsp3) is 0.300. The lowest BCUT2D eigenvalue weighted by Gasteiger charge is -2.05. The number of ether oxygens (including phenoxy) is 1. The highest BCUT2D eigenvalue weighted by molar-refractivity contribution is 5.88. The highest BCUT2D eigenvalue weighted by atomic mass is 16.5. The van der Waals surface area contributed by atoms with Gasteiger partial charge in [-0.2, -0.15) is 5.26 Å². The monoisotopic (exact) mass is 206 g/mol. The van der Waals surface area contributed by atoms with Crippen LogP contribution >= 0.6 is 0 Å². The molecule has 1 N–H and O–H groups in total. The van der Waals surface area contributed by atoms with Crippen LogP contribution < -0.4 is 0 Å². The third-order valence-electron chi connectivity index (χ3n) is 1.83. The average molecular weight is 206 g/mol. The van der Waals surface area contributed by atoms with E-state index in [0.717, 1.165) is 0 Å². The Balaban J connectivity index is 2.81. The normalized spacial score (nSPS) is 11.5. The zero-order valence-electron chi connectivity index (χ0n) is 8.17. The van der Waals surface area contributed by atoms with Crippen LogP contribution in [0.3, 0.4) is 0 Å². The second-order valence-electron chi connectivity index (χ2n) is 2.84. The molecule has 1 aromatic rings. The van der Waals surface area contributed by atoms with Gasteiger partial charge >= 0.3 is 5.97 Å². The molecule has 1 rings (SSSR count). The van der Waals surface area contributed by atoms with Gasteiger partial charge in [-0.1, -0.05) is 0 Å². The van der Waals surface area contributed by atoms with E-state index in [2.05, 4.69) is 9.72 Å². The van der Waals surface area contributed by atoms with E-state index < -0.39 is 12.1 Å². The van der Waals surface area contributed by atoms with Gasteiger partial charge in [0.25, 0.3) is 0 Å². The Labute approximate surface area is 86.9 Å². The molecule has 0 amide bonds. The first-order valence-corrected chi connectivity index (χ1v) is 4.28. The Bertz CT molecular complexity index is 381. The minimum atomic E-state index is -0.915. The number of aliphatic hydroxyl groups is 1. The molecule has 78 valence electrons. The SMILES string of the molecule is COC(=O)c1ccc(C(O)CC#N)nc1. The lowest BCUT2D eigenvalue weighted by atomic mass is 10.1. The molecule has 0 aliphatic rings. The maximum atomic E-state index is 11.0. The van der Waals surface area contributed by atoms with Gasteiger partial charge < -0.3 is 9.84 Å². The third-order valence-corrected chi connectivity index (χ3v) is 1.83. The third kappa shape index (κ3) is 2.76. The fourth-order valence-electron chi connectivity index (χ4n) is 1.03. The smallest absolute Gasteiger partial charge is 0.339 e. The van der Waals surface area contributed by atoms with E-state index in [0.29, 0.717) is 11.3 Å². The van der Waals surface area contributed by atoms with Gasteiger partial charge in [0.1, 0.15) is 6.10 Å². The number of nitriles is 1. The Morgan fingerprint density at radius 2 is 2.47 bits per heavy atom. The summed E-state index contributed by atoms with van der Waals surface area (Å²) in [5, 5.41) is 17.8. The maximum Gasteiger partial charge on any atom is 0.339 e. The van der Waals surface area contributed by atoms with Crippen LogP contribution in [0, 0.1) is 11.3 Å². The van der Waals surface area contributed by atoms with E-state index in [-0.39, 0.29) is 6.42 Å². The van der Waals surface area contributed by atoms with Crippen molar-refractivity contribution in [2.24, 2.45) is 0 Å². The molecular weight excluding hydrogens is 196 g/mol. The Kier molecular flexibility index (Phi) is 3.77. The Morgan fingerprint density at radius 3 is 2.93 bits per heavy atom. The quantitative estimate of drug-likeness (QED) is 0.740. The predicted octanol–water partition coefficient (Wildman–Crippen LogP) is 0.815. The highest BCUT2D eigenvalue weighted by Gasteiger charge is 2.10. The molecule has 0 bridgehead atoms. The van der Waals surface area contributed by atoms with Crippen molar-refractivity contribution in [2.75, 3.05) is 7.11 Å². The van der Waals surface area contributed by atoms with Crippen molar-refractivity contribution in [3.8, 4) is 6.07 Å². The first-order chi connectivity index (χ1) is 7.19. The lowest BCUT2D eigenvalue weighted by Crippen LogP contribution is -2.04. The Morgan fingerprint density at radius 1 is 1.73 bits per heavy atom. The summed E-state index contributed by atoms with van der Waals surface area (Å²) in [6, 6.07) is 4.82. The van der Waals surface area contributed by atoms with Crippen LogP contribution in [-0.2, 0) is 4.74 Å². The number of aromatic nitrogens is 1. The number of nitrogens with zero attached hydrogens (tertiary/aromatic N) is 2. The fourth-order valence-corrected chi connectivity index (χ4v) is 1.03. The number of hydrogen-bond acceptors (Lipinski definition) is 5. The lowest BCUT2D eigenvalue weighted by molar-refractivity contribution is 0.0600. The molecule has 1 unspecified atom stereocenters. The van der Waals surface area contributed by atoms with Crippen molar-refractivity contribution in [3.05, 3.63) is 29.6 Å². The molecule has 0 fully saturated rings. The summed E-state index contributed by atoms with van der Waals surface area (Å²) in [5.41, 5.74) is 0.676. The summed E-state index contributed by atoms with van der Waals surface area (Å²) < 4.78 is 4.49. The molecule has 5 nitrogen and oxygen atoms in total. The van der Waals surface area contributed by atoms with Gasteiger partial charge in [-0.25, -0.2) is 4.79 Å². The van der Waals surface area contributed by atoms with Crippen molar-refractivity contribution in [2.45, 2.75) is 12.5 Å². The molecular formula is C10H10N2O3. The van der Waals surface area contributed by atoms with E-state index >= 15 is 0 Å². The summed E-state index contributed by atoms with van der Waals surface area (Å²) in [5.74, 6) is -0.483. The first-order valence-electron chi connectivity index (χ1n) is 4.28. The largest absolute Gasteiger partial charge is 0.465 e. The standard InChI is InChI=1S/C10H10N2O3/c1-15-10(14)7-2-3-8(12-6-7)9(13)4-5-11/h2-3,6,9,13H,4H2,1H3. The van der Waals surface area contributed by atoms with Crippen LogP contribution in [0.5, 0.6) is 0 Å². The van der Waals surface area contributed by atoms with Crippen molar-refractivity contribution in [1.29, 1.82) is 5.26 Å². The molecule has 15 heavy (non-hydrogen) atoms. The van der Waals surface area contributed by atoms with Crippen LogP contribution in [0.4, 0.5) is 0 Å². The molecule has 5 heteroatoms. The first kappa shape index (κ1) is 11.1. The van der Waals surface area contributed by atoms with Crippen molar-refractivity contribution in [1.82, 2.24) is 4.98 Å². The molecule has 1 atom stereocenters. The summed E-state index contributed by atoms with van der Waals surface area (Å²) in [6.45, 7) is 0. The number of hydrogen-bond donors (Lipinski definition) is 1. The second-order valence-corrected chi connectivity index (χ2v) is 2.84. The van der Waals surface area contributed by atoms with Gasteiger partial charge in [-0.3, -0.25) is 4.98 Å². The molecule has 0 aliphatic heterocycles. The van der Waals surface area contributed by atoms with Gasteiger partial charge in [0.15, 0.2) is 0 Å². The van der Waals surface area contributed by atoms with Gasteiger partial charge in [0.05, 0.1) is 30.9 Å². The molecule has 0 radical (unpaired) electrons. The summed E-state index contributed by atoms with van der Waals surface area (Å²) in [7, 11) is 1.28. The van der Waals surface area contributed by atoms with Crippen LogP contribution in [0.2, 0.25) is 0 Å². The van der Waals surface area contributed by atoms with E-state index in [4.69, 9.17) is 5.26 Å². The predicted molar refractivity (Wildman–Crippen MR) is 50.8 cm³/mol. The van der Waals surface area contributed by atoms with E-state index in [1.165, 1.54) is 25.4 Å². The van der Waals surface area contributed by atoms with Crippen LogP contribution in [0.15, 0.2) is 18.3 Å². The number of methoxy groups -OCH3 is 1. The van der Waals surface area contributed by atoms with Crippen molar-refractivity contribution >= 4 is 5.97 Å². The number of rotatable bonds is 3. The molecule has 0 spiro atoms. The van der Waals surface area contributed by atoms with Crippen LogP contribution in [-0.4, -0.2) is 23.2 Å². The van der Waals surface area contributed by atoms with E-state index in [1.54, 1.807) is 0 Å². The number of esters is 1. The zero-order valence-corrected chi connectivity index (χ0v) is 8.17. The minimum Gasteiger partial charge on any atom is -0.465 e. The Hall–Kier alpha value is -1.93. The zero-order chi connectivity index (χ0) is 11.3. The summed E-state index contributed by atoms with van der Waals surface area (Å²) in [4.78, 5) is 14.9. The number of pyridine rings is 1. The summed E-state index contributed by atoms with van der Waals surface area (Å²) in [6.07, 6.45) is 0.369. The molecule has 0 aromatic carbocycles. The topological polar surface area (TPSA) is 83.2 Å². The number of carbonyl (C=O) groups is 1. The van der Waals surface area contributed by atoms with Crippen molar-refractivity contribution in [3.63, 3.8) is 0 Å². The highest BCUT2D eigenvalue weighted by Crippen LogP contribution is 2.13. The van der Waals surface area contributed by atoms with Gasteiger partial charge in [-0.05, 0) is 12.1 Å². The van der Waals surface area contributed by atoms with Crippen molar-refractivity contribution < 1.29 is 14.6 Å². The number of carbonyl (C=O) groups excluding carboxylic acids is 1. The maximum absolute atomic E-state index is 11.0. The van der Waals surface area contributed by atoms with Crippen LogP contribution in [0.1, 0.15) is 28.6 Å². The minimum absolute atomic E-state index is 0.0232. The van der Waals surface area contributed by atoms with Gasteiger partial charge in [0, 0.05) is 6.20 Å². The average Bonchev–Trinajstić information content (AvgIpc) is 2.28. The number of aliphatic hydroxyl groups excluding tert-OH is 1. The molecule has 1 aromatic heterocycles. The molecule has 0 saturated heterocycles. The molecule has 0 saturated carbocycles. The van der Waals surface area contributed by atoms with Gasteiger partial charge in [-0.15, -0.1) is 0 Å². The van der Waals surface area contributed by atoms with E-state index in [9.17, 15) is 9.90 Å².